The lowest BCUT2D eigenvalue weighted by Crippen LogP contribution is -2.02. The molecule has 0 unspecified atom stereocenters. The van der Waals surface area contributed by atoms with E-state index in [2.05, 4.69) is 20.9 Å². The van der Waals surface area contributed by atoms with Crippen LogP contribution in [0.3, 0.4) is 0 Å². The second kappa shape index (κ2) is 4.71. The van der Waals surface area contributed by atoms with Gasteiger partial charge < -0.3 is 9.47 Å². The fourth-order valence-electron chi connectivity index (χ4n) is 1.59. The summed E-state index contributed by atoms with van der Waals surface area (Å²) in [5, 5.41) is 0.729. The molecular weight excluding hydrogens is 286 g/mol. The summed E-state index contributed by atoms with van der Waals surface area (Å²) in [5.74, 6) is 0.293. The molecule has 0 radical (unpaired) electrons. The first-order chi connectivity index (χ1) is 8.17. The van der Waals surface area contributed by atoms with Crippen molar-refractivity contribution in [3.8, 4) is 5.75 Å². The fourth-order valence-corrected chi connectivity index (χ4v) is 2.10. The number of carbonyl (C=O) groups excluding carboxylic acids is 1. The predicted octanol–water partition coefficient (Wildman–Crippen LogP) is 2.79. The van der Waals surface area contributed by atoms with E-state index in [-0.39, 0.29) is 5.97 Å². The Hall–Kier alpha value is -1.62. The highest BCUT2D eigenvalue weighted by Crippen LogP contribution is 2.30. The second-order valence-electron chi connectivity index (χ2n) is 3.35. The number of hydrogen-bond acceptors (Lipinski definition) is 4. The van der Waals surface area contributed by atoms with Gasteiger partial charge in [-0.3, -0.25) is 4.98 Å². The number of nitrogens with zero attached hydrogens (tertiary/aromatic N) is 1. The van der Waals surface area contributed by atoms with Crippen LogP contribution in [0.2, 0.25) is 0 Å². The first-order valence-electron chi connectivity index (χ1n) is 4.88. The van der Waals surface area contributed by atoms with E-state index in [1.54, 1.807) is 31.5 Å². The SMILES string of the molecule is COC(=O)c1ccnc2cc(OC)c(Br)cc12. The summed E-state index contributed by atoms with van der Waals surface area (Å²) < 4.78 is 10.7. The Labute approximate surface area is 107 Å². The lowest BCUT2D eigenvalue weighted by molar-refractivity contribution is 0.0603. The number of rotatable bonds is 2. The van der Waals surface area contributed by atoms with Gasteiger partial charge in [-0.15, -0.1) is 0 Å². The van der Waals surface area contributed by atoms with Gasteiger partial charge in [-0.1, -0.05) is 0 Å². The van der Waals surface area contributed by atoms with Crippen LogP contribution < -0.4 is 4.74 Å². The van der Waals surface area contributed by atoms with Crippen molar-refractivity contribution >= 4 is 32.8 Å². The molecule has 2 aromatic rings. The summed E-state index contributed by atoms with van der Waals surface area (Å²) in [6.07, 6.45) is 1.57. The number of halogens is 1. The molecule has 0 saturated carbocycles. The van der Waals surface area contributed by atoms with Gasteiger partial charge in [-0.2, -0.15) is 0 Å². The summed E-state index contributed by atoms with van der Waals surface area (Å²) in [4.78, 5) is 15.8. The molecule has 88 valence electrons. The van der Waals surface area contributed by atoms with E-state index >= 15 is 0 Å². The number of pyridine rings is 1. The average molecular weight is 296 g/mol. The van der Waals surface area contributed by atoms with Crippen LogP contribution in [0.5, 0.6) is 5.75 Å². The van der Waals surface area contributed by atoms with Gasteiger partial charge in [-0.05, 0) is 28.1 Å². The Morgan fingerprint density at radius 2 is 2.12 bits per heavy atom. The number of methoxy groups -OCH3 is 2. The molecule has 2 rings (SSSR count). The maximum Gasteiger partial charge on any atom is 0.338 e. The molecular formula is C12H10BrNO3. The minimum atomic E-state index is -0.380. The van der Waals surface area contributed by atoms with Crippen LogP contribution in [0, 0.1) is 0 Å². The van der Waals surface area contributed by atoms with E-state index < -0.39 is 0 Å². The van der Waals surface area contributed by atoms with E-state index in [1.807, 2.05) is 0 Å². The summed E-state index contributed by atoms with van der Waals surface area (Å²) in [7, 11) is 2.93. The minimum absolute atomic E-state index is 0.380. The Bertz CT molecular complexity index is 583. The monoisotopic (exact) mass is 295 g/mol. The van der Waals surface area contributed by atoms with Gasteiger partial charge in [-0.25, -0.2) is 4.79 Å². The van der Waals surface area contributed by atoms with Crippen LogP contribution in [-0.2, 0) is 4.74 Å². The average Bonchev–Trinajstić information content (AvgIpc) is 2.36. The summed E-state index contributed by atoms with van der Waals surface area (Å²) >= 11 is 3.38. The third-order valence-corrected chi connectivity index (χ3v) is 3.04. The zero-order chi connectivity index (χ0) is 12.4. The van der Waals surface area contributed by atoms with Crippen molar-refractivity contribution in [2.75, 3.05) is 14.2 Å². The molecule has 0 saturated heterocycles. The topological polar surface area (TPSA) is 48.4 Å². The molecule has 0 aliphatic heterocycles. The van der Waals surface area contributed by atoms with Crippen LogP contribution in [0.15, 0.2) is 28.9 Å². The van der Waals surface area contributed by atoms with Gasteiger partial charge in [0.15, 0.2) is 0 Å². The zero-order valence-electron chi connectivity index (χ0n) is 9.36. The molecule has 0 amide bonds. The molecule has 4 nitrogen and oxygen atoms in total. The van der Waals surface area contributed by atoms with E-state index in [0.29, 0.717) is 16.8 Å². The van der Waals surface area contributed by atoms with Crippen LogP contribution in [0.4, 0.5) is 0 Å². The first-order valence-corrected chi connectivity index (χ1v) is 5.67. The minimum Gasteiger partial charge on any atom is -0.495 e. The lowest BCUT2D eigenvalue weighted by atomic mass is 10.1. The van der Waals surface area contributed by atoms with Gasteiger partial charge in [0.25, 0.3) is 0 Å². The molecule has 0 aliphatic rings. The maximum atomic E-state index is 11.6. The first kappa shape index (κ1) is 11.9. The van der Waals surface area contributed by atoms with Crippen LogP contribution >= 0.6 is 15.9 Å². The molecule has 1 aromatic heterocycles. The standard InChI is InChI=1S/C12H10BrNO3/c1-16-11-6-10-8(5-9(11)13)7(3-4-14-10)12(15)17-2/h3-6H,1-2H3. The van der Waals surface area contributed by atoms with Crippen molar-refractivity contribution < 1.29 is 14.3 Å². The molecule has 0 fully saturated rings. The molecule has 0 aliphatic carbocycles. The smallest absolute Gasteiger partial charge is 0.338 e. The molecule has 0 atom stereocenters. The van der Waals surface area contributed by atoms with Crippen molar-refractivity contribution in [3.05, 3.63) is 34.4 Å². The summed E-state index contributed by atoms with van der Waals surface area (Å²) in [5.41, 5.74) is 1.17. The lowest BCUT2D eigenvalue weighted by Gasteiger charge is -2.07. The van der Waals surface area contributed by atoms with Gasteiger partial charge >= 0.3 is 5.97 Å². The van der Waals surface area contributed by atoms with Gasteiger partial charge in [0, 0.05) is 17.6 Å². The number of carbonyl (C=O) groups is 1. The van der Waals surface area contributed by atoms with E-state index in [1.165, 1.54) is 7.11 Å². The van der Waals surface area contributed by atoms with Crippen molar-refractivity contribution in [2.45, 2.75) is 0 Å². The van der Waals surface area contributed by atoms with Gasteiger partial charge in [0.05, 0.1) is 29.8 Å². The molecule has 17 heavy (non-hydrogen) atoms. The van der Waals surface area contributed by atoms with Crippen LogP contribution in [0.1, 0.15) is 10.4 Å². The third kappa shape index (κ3) is 2.10. The molecule has 0 bridgehead atoms. The van der Waals surface area contributed by atoms with Gasteiger partial charge in [0.1, 0.15) is 5.75 Å². The van der Waals surface area contributed by atoms with Crippen molar-refractivity contribution in [1.82, 2.24) is 4.98 Å². The number of esters is 1. The second-order valence-corrected chi connectivity index (χ2v) is 4.21. The van der Waals surface area contributed by atoms with E-state index in [0.717, 1.165) is 9.86 Å². The number of hydrogen-bond donors (Lipinski definition) is 0. The van der Waals surface area contributed by atoms with Crippen LogP contribution in [-0.4, -0.2) is 25.2 Å². The van der Waals surface area contributed by atoms with Crippen molar-refractivity contribution in [1.29, 1.82) is 0 Å². The fraction of sp³-hybridized carbons (Fsp3) is 0.167. The van der Waals surface area contributed by atoms with E-state index in [9.17, 15) is 4.79 Å². The Balaban J connectivity index is 2.72. The third-order valence-electron chi connectivity index (χ3n) is 2.42. The Morgan fingerprint density at radius 1 is 1.35 bits per heavy atom. The highest BCUT2D eigenvalue weighted by Gasteiger charge is 2.13. The summed E-state index contributed by atoms with van der Waals surface area (Å²) in [6, 6.07) is 5.20. The highest BCUT2D eigenvalue weighted by molar-refractivity contribution is 9.10. The highest BCUT2D eigenvalue weighted by atomic mass is 79.9. The van der Waals surface area contributed by atoms with E-state index in [4.69, 9.17) is 9.47 Å². The molecule has 1 aromatic carbocycles. The van der Waals surface area contributed by atoms with Crippen molar-refractivity contribution in [2.24, 2.45) is 0 Å². The maximum absolute atomic E-state index is 11.6. The molecule has 5 heteroatoms. The predicted molar refractivity (Wildman–Crippen MR) is 67.3 cm³/mol. The molecule has 0 N–H and O–H groups in total. The summed E-state index contributed by atoms with van der Waals surface area (Å²) in [6.45, 7) is 0. The number of ether oxygens (including phenoxy) is 2. The number of benzene rings is 1. The molecule has 1 heterocycles. The molecule has 0 spiro atoms. The largest absolute Gasteiger partial charge is 0.495 e. The quantitative estimate of drug-likeness (QED) is 0.800. The van der Waals surface area contributed by atoms with Crippen LogP contribution in [0.25, 0.3) is 10.9 Å². The number of fused-ring (bicyclic) bond motifs is 1. The number of aromatic nitrogens is 1. The Kier molecular flexibility index (Phi) is 3.28. The Morgan fingerprint density at radius 3 is 2.76 bits per heavy atom. The van der Waals surface area contributed by atoms with Crippen molar-refractivity contribution in [3.63, 3.8) is 0 Å². The van der Waals surface area contributed by atoms with Gasteiger partial charge in [0.2, 0.25) is 0 Å². The normalized spacial score (nSPS) is 10.3. The zero-order valence-corrected chi connectivity index (χ0v) is 10.9.